The molecule has 0 saturated heterocycles. The molecule has 0 aliphatic heterocycles. The minimum absolute atomic E-state index is 0.504. The third kappa shape index (κ3) is 1.59. The van der Waals surface area contributed by atoms with Crippen molar-refractivity contribution in [3.63, 3.8) is 0 Å². The van der Waals surface area contributed by atoms with Crippen LogP contribution in [0.15, 0.2) is 22.6 Å². The molecule has 3 nitrogen and oxygen atoms in total. The third-order valence-corrected chi connectivity index (χ3v) is 2.47. The topological polar surface area (TPSA) is 42.6 Å². The Labute approximate surface area is 88.3 Å². The van der Waals surface area contributed by atoms with Crippen molar-refractivity contribution in [2.45, 2.75) is 20.0 Å². The fourth-order valence-electron chi connectivity index (χ4n) is 1.77. The van der Waals surface area contributed by atoms with Gasteiger partial charge in [-0.1, -0.05) is 6.07 Å². The van der Waals surface area contributed by atoms with Crippen LogP contribution >= 0.6 is 0 Å². The SMILES string of the molecule is COc1ccc(C(C)O)c2cc(C)oc12. The first-order chi connectivity index (χ1) is 7.13. The van der Waals surface area contributed by atoms with Crippen molar-refractivity contribution in [2.75, 3.05) is 7.11 Å². The number of benzene rings is 1. The Balaban J connectivity index is 2.76. The Hall–Kier alpha value is -1.48. The second-order valence-electron chi connectivity index (χ2n) is 3.63. The number of ether oxygens (including phenoxy) is 1. The molecule has 80 valence electrons. The van der Waals surface area contributed by atoms with Gasteiger partial charge in [0.05, 0.1) is 13.2 Å². The van der Waals surface area contributed by atoms with Gasteiger partial charge >= 0.3 is 0 Å². The lowest BCUT2D eigenvalue weighted by Gasteiger charge is -2.07. The summed E-state index contributed by atoms with van der Waals surface area (Å²) in [5.74, 6) is 1.51. The summed E-state index contributed by atoms with van der Waals surface area (Å²) in [7, 11) is 1.61. The smallest absolute Gasteiger partial charge is 0.176 e. The van der Waals surface area contributed by atoms with Crippen LogP contribution in [0.5, 0.6) is 5.75 Å². The Morgan fingerprint density at radius 1 is 1.40 bits per heavy atom. The summed E-state index contributed by atoms with van der Waals surface area (Å²) in [6.45, 7) is 3.62. The van der Waals surface area contributed by atoms with Crippen molar-refractivity contribution in [3.05, 3.63) is 29.5 Å². The molecule has 2 rings (SSSR count). The predicted octanol–water partition coefficient (Wildman–Crippen LogP) is 2.80. The summed E-state index contributed by atoms with van der Waals surface area (Å²) in [5.41, 5.74) is 1.57. The summed E-state index contributed by atoms with van der Waals surface area (Å²) in [5, 5.41) is 10.5. The second kappa shape index (κ2) is 3.59. The van der Waals surface area contributed by atoms with Crippen molar-refractivity contribution >= 4 is 11.0 Å². The third-order valence-electron chi connectivity index (χ3n) is 2.47. The van der Waals surface area contributed by atoms with Gasteiger partial charge in [0, 0.05) is 5.39 Å². The highest BCUT2D eigenvalue weighted by Crippen LogP contribution is 2.33. The van der Waals surface area contributed by atoms with Crippen molar-refractivity contribution in [3.8, 4) is 5.75 Å². The molecule has 15 heavy (non-hydrogen) atoms. The standard InChI is InChI=1S/C12H14O3/c1-7-6-10-9(8(2)13)4-5-11(14-3)12(10)15-7/h4-6,8,13H,1-3H3. The van der Waals surface area contributed by atoms with E-state index in [1.54, 1.807) is 14.0 Å². The van der Waals surface area contributed by atoms with E-state index < -0.39 is 6.10 Å². The Morgan fingerprint density at radius 2 is 2.13 bits per heavy atom. The molecule has 1 aromatic carbocycles. The van der Waals surface area contributed by atoms with Gasteiger partial charge in [0.25, 0.3) is 0 Å². The molecule has 1 atom stereocenters. The van der Waals surface area contributed by atoms with E-state index in [1.807, 2.05) is 25.1 Å². The summed E-state index contributed by atoms with van der Waals surface area (Å²) >= 11 is 0. The maximum absolute atomic E-state index is 9.61. The average Bonchev–Trinajstić information content (AvgIpc) is 2.56. The number of methoxy groups -OCH3 is 1. The van der Waals surface area contributed by atoms with Gasteiger partial charge in [0.15, 0.2) is 11.3 Å². The zero-order chi connectivity index (χ0) is 11.0. The van der Waals surface area contributed by atoms with E-state index in [1.165, 1.54) is 0 Å². The first-order valence-corrected chi connectivity index (χ1v) is 4.88. The minimum atomic E-state index is -0.504. The van der Waals surface area contributed by atoms with Crippen molar-refractivity contribution < 1.29 is 14.3 Å². The molecule has 0 saturated carbocycles. The van der Waals surface area contributed by atoms with Crippen molar-refractivity contribution in [1.82, 2.24) is 0 Å². The number of aryl methyl sites for hydroxylation is 1. The van der Waals surface area contributed by atoms with E-state index in [4.69, 9.17) is 9.15 Å². The van der Waals surface area contributed by atoms with E-state index in [2.05, 4.69) is 0 Å². The van der Waals surface area contributed by atoms with Gasteiger partial charge < -0.3 is 14.3 Å². The lowest BCUT2D eigenvalue weighted by molar-refractivity contribution is 0.201. The quantitative estimate of drug-likeness (QED) is 0.821. The fraction of sp³-hybridized carbons (Fsp3) is 0.333. The molecular formula is C12H14O3. The van der Waals surface area contributed by atoms with Crippen LogP contribution in [0.1, 0.15) is 24.4 Å². The van der Waals surface area contributed by atoms with Crippen LogP contribution in [0.2, 0.25) is 0 Å². The molecule has 1 N–H and O–H groups in total. The normalized spacial score (nSPS) is 13.1. The maximum atomic E-state index is 9.61. The molecule has 1 heterocycles. The molecular weight excluding hydrogens is 192 g/mol. The summed E-state index contributed by atoms with van der Waals surface area (Å²) in [4.78, 5) is 0. The van der Waals surface area contributed by atoms with Gasteiger partial charge in [0.2, 0.25) is 0 Å². The van der Waals surface area contributed by atoms with Crippen LogP contribution in [-0.2, 0) is 0 Å². The van der Waals surface area contributed by atoms with Crippen LogP contribution in [0, 0.1) is 6.92 Å². The van der Waals surface area contributed by atoms with Crippen molar-refractivity contribution in [1.29, 1.82) is 0 Å². The number of hydrogen-bond acceptors (Lipinski definition) is 3. The minimum Gasteiger partial charge on any atom is -0.493 e. The first-order valence-electron chi connectivity index (χ1n) is 4.88. The number of aliphatic hydroxyl groups is 1. The van der Waals surface area contributed by atoms with Gasteiger partial charge in [-0.3, -0.25) is 0 Å². The van der Waals surface area contributed by atoms with E-state index in [0.717, 1.165) is 16.7 Å². The van der Waals surface area contributed by atoms with E-state index in [9.17, 15) is 5.11 Å². The van der Waals surface area contributed by atoms with Crippen molar-refractivity contribution in [2.24, 2.45) is 0 Å². The lowest BCUT2D eigenvalue weighted by Crippen LogP contribution is -1.92. The molecule has 0 amide bonds. The van der Waals surface area contributed by atoms with Gasteiger partial charge in [-0.05, 0) is 31.5 Å². The molecule has 0 bridgehead atoms. The summed E-state index contributed by atoms with van der Waals surface area (Å²) in [6, 6.07) is 5.59. The first kappa shape index (κ1) is 10.1. The average molecular weight is 206 g/mol. The van der Waals surface area contributed by atoms with E-state index >= 15 is 0 Å². The highest BCUT2D eigenvalue weighted by atomic mass is 16.5. The largest absolute Gasteiger partial charge is 0.493 e. The molecule has 3 heteroatoms. The molecule has 0 spiro atoms. The monoisotopic (exact) mass is 206 g/mol. The lowest BCUT2D eigenvalue weighted by atomic mass is 10.1. The Kier molecular flexibility index (Phi) is 2.40. The molecule has 0 aliphatic rings. The zero-order valence-corrected chi connectivity index (χ0v) is 9.07. The predicted molar refractivity (Wildman–Crippen MR) is 58.1 cm³/mol. The van der Waals surface area contributed by atoms with Gasteiger partial charge in [-0.25, -0.2) is 0 Å². The Bertz CT molecular complexity index is 483. The van der Waals surface area contributed by atoms with Crippen LogP contribution < -0.4 is 4.74 Å². The summed E-state index contributed by atoms with van der Waals surface area (Å²) in [6.07, 6.45) is -0.504. The van der Waals surface area contributed by atoms with E-state index in [-0.39, 0.29) is 0 Å². The number of hydrogen-bond donors (Lipinski definition) is 1. The Morgan fingerprint density at radius 3 is 2.73 bits per heavy atom. The van der Waals surface area contributed by atoms with Crippen LogP contribution in [0.4, 0.5) is 0 Å². The van der Waals surface area contributed by atoms with Gasteiger partial charge in [-0.2, -0.15) is 0 Å². The molecule has 0 radical (unpaired) electrons. The second-order valence-corrected chi connectivity index (χ2v) is 3.63. The molecule has 2 aromatic rings. The highest BCUT2D eigenvalue weighted by Gasteiger charge is 2.13. The fourth-order valence-corrected chi connectivity index (χ4v) is 1.77. The number of furan rings is 1. The highest BCUT2D eigenvalue weighted by molar-refractivity contribution is 5.87. The number of rotatable bonds is 2. The maximum Gasteiger partial charge on any atom is 0.176 e. The van der Waals surface area contributed by atoms with Gasteiger partial charge in [0.1, 0.15) is 5.76 Å². The van der Waals surface area contributed by atoms with Crippen LogP contribution in [-0.4, -0.2) is 12.2 Å². The van der Waals surface area contributed by atoms with Crippen LogP contribution in [0.3, 0.4) is 0 Å². The number of aliphatic hydroxyl groups excluding tert-OH is 1. The summed E-state index contributed by atoms with van der Waals surface area (Å²) < 4.78 is 10.7. The molecule has 1 unspecified atom stereocenters. The van der Waals surface area contributed by atoms with Crippen LogP contribution in [0.25, 0.3) is 11.0 Å². The van der Waals surface area contributed by atoms with Gasteiger partial charge in [-0.15, -0.1) is 0 Å². The zero-order valence-electron chi connectivity index (χ0n) is 9.07. The van der Waals surface area contributed by atoms with E-state index in [0.29, 0.717) is 11.3 Å². The molecule has 1 aromatic heterocycles. The molecule has 0 fully saturated rings. The molecule has 0 aliphatic carbocycles. The number of fused-ring (bicyclic) bond motifs is 1.